The van der Waals surface area contributed by atoms with Gasteiger partial charge >= 0.3 is 6.36 Å². The van der Waals surface area contributed by atoms with E-state index >= 15 is 0 Å². The smallest absolute Gasteiger partial charge is 0.506 e. The van der Waals surface area contributed by atoms with Crippen molar-refractivity contribution in [3.05, 3.63) is 17.5 Å². The van der Waals surface area contributed by atoms with Gasteiger partial charge in [-0.2, -0.15) is 0 Å². The quantitative estimate of drug-likeness (QED) is 0.824. The maximum absolute atomic E-state index is 11.9. The van der Waals surface area contributed by atoms with Crippen LogP contribution in [0.3, 0.4) is 0 Å². The predicted molar refractivity (Wildman–Crippen MR) is 47.5 cm³/mol. The van der Waals surface area contributed by atoms with Crippen molar-refractivity contribution in [2.45, 2.75) is 13.3 Å². The van der Waals surface area contributed by atoms with Gasteiger partial charge in [-0.1, -0.05) is 0 Å². The van der Waals surface area contributed by atoms with Crippen LogP contribution in [0.4, 0.5) is 13.2 Å². The lowest BCUT2D eigenvalue weighted by Crippen LogP contribution is -2.19. The molecular formula is C8H5ClF3NO3. The largest absolute Gasteiger partial charge is 0.573 e. The first kappa shape index (κ1) is 12.6. The zero-order valence-electron chi connectivity index (χ0n) is 7.80. The van der Waals surface area contributed by atoms with E-state index in [0.29, 0.717) is 6.07 Å². The number of carbonyl (C=O) groups is 1. The lowest BCUT2D eigenvalue weighted by Gasteiger charge is -2.11. The van der Waals surface area contributed by atoms with Crippen molar-refractivity contribution in [3.63, 3.8) is 0 Å². The van der Waals surface area contributed by atoms with Crippen LogP contribution < -0.4 is 4.74 Å². The van der Waals surface area contributed by atoms with E-state index in [1.165, 1.54) is 6.92 Å². The van der Waals surface area contributed by atoms with E-state index in [9.17, 15) is 18.0 Å². The molecule has 1 aromatic heterocycles. The number of rotatable bonds is 2. The van der Waals surface area contributed by atoms with Crippen LogP contribution in [-0.2, 0) is 0 Å². The number of ether oxygens (including phenoxy) is 1. The minimum atomic E-state index is -5.00. The van der Waals surface area contributed by atoms with Gasteiger partial charge in [0.15, 0.2) is 11.4 Å². The van der Waals surface area contributed by atoms with Crippen LogP contribution in [0.15, 0.2) is 6.07 Å². The Bertz CT molecular complexity index is 433. The van der Waals surface area contributed by atoms with Crippen LogP contribution >= 0.6 is 11.6 Å². The Morgan fingerprint density at radius 2 is 2.12 bits per heavy atom. The number of nitrogens with zero attached hydrogens (tertiary/aromatic N) is 1. The summed E-state index contributed by atoms with van der Waals surface area (Å²) in [5.41, 5.74) is -0.729. The van der Waals surface area contributed by atoms with E-state index in [1.54, 1.807) is 0 Å². The summed E-state index contributed by atoms with van der Waals surface area (Å²) in [4.78, 5) is 14.2. The van der Waals surface area contributed by atoms with Crippen molar-refractivity contribution in [1.82, 2.24) is 4.98 Å². The minimum Gasteiger partial charge on any atom is -0.506 e. The molecule has 8 heteroatoms. The van der Waals surface area contributed by atoms with Crippen molar-refractivity contribution >= 4 is 16.8 Å². The third-order valence-corrected chi connectivity index (χ3v) is 1.74. The maximum Gasteiger partial charge on any atom is 0.573 e. The summed E-state index contributed by atoms with van der Waals surface area (Å²) in [7, 11) is 0. The number of pyridine rings is 1. The number of aromatic nitrogens is 1. The van der Waals surface area contributed by atoms with E-state index in [0.717, 1.165) is 0 Å². The lowest BCUT2D eigenvalue weighted by molar-refractivity contribution is -0.274. The predicted octanol–water partition coefficient (Wildman–Crippen LogP) is 2.37. The fourth-order valence-corrected chi connectivity index (χ4v) is 1.06. The highest BCUT2D eigenvalue weighted by Gasteiger charge is 2.33. The lowest BCUT2D eigenvalue weighted by atomic mass is 10.3. The Labute approximate surface area is 92.6 Å². The Morgan fingerprint density at radius 1 is 1.56 bits per heavy atom. The molecule has 1 N–H and O–H groups in total. The highest BCUT2D eigenvalue weighted by molar-refractivity contribution is 6.67. The Kier molecular flexibility index (Phi) is 3.27. The van der Waals surface area contributed by atoms with Crippen molar-refractivity contribution in [3.8, 4) is 11.5 Å². The first-order valence-electron chi connectivity index (χ1n) is 3.87. The van der Waals surface area contributed by atoms with Gasteiger partial charge in [0.25, 0.3) is 5.24 Å². The Morgan fingerprint density at radius 3 is 2.56 bits per heavy atom. The summed E-state index contributed by atoms with van der Waals surface area (Å²) < 4.78 is 39.3. The molecule has 0 fully saturated rings. The molecule has 4 nitrogen and oxygen atoms in total. The van der Waals surface area contributed by atoms with Crippen LogP contribution in [-0.4, -0.2) is 21.7 Å². The second-order valence-corrected chi connectivity index (χ2v) is 3.10. The van der Waals surface area contributed by atoms with Gasteiger partial charge in [0, 0.05) is 6.07 Å². The number of alkyl halides is 3. The van der Waals surface area contributed by atoms with Crippen LogP contribution in [0.25, 0.3) is 0 Å². The van der Waals surface area contributed by atoms with Crippen LogP contribution in [0.1, 0.15) is 16.2 Å². The molecule has 1 rings (SSSR count). The number of aromatic hydroxyl groups is 1. The van der Waals surface area contributed by atoms with Gasteiger partial charge in [-0.3, -0.25) is 4.79 Å². The molecule has 1 aromatic rings. The number of halogens is 4. The van der Waals surface area contributed by atoms with Crippen LogP contribution in [0, 0.1) is 6.92 Å². The number of hydrogen-bond donors (Lipinski definition) is 1. The van der Waals surface area contributed by atoms with E-state index in [2.05, 4.69) is 9.72 Å². The molecule has 16 heavy (non-hydrogen) atoms. The molecule has 1 heterocycles. The van der Waals surface area contributed by atoms with E-state index in [-0.39, 0.29) is 5.69 Å². The second-order valence-electron chi connectivity index (χ2n) is 2.76. The summed E-state index contributed by atoms with van der Waals surface area (Å²) in [6.45, 7) is 1.30. The molecule has 0 atom stereocenters. The summed E-state index contributed by atoms with van der Waals surface area (Å²) in [6.07, 6.45) is -5.00. The fraction of sp³-hybridized carbons (Fsp3) is 0.250. The van der Waals surface area contributed by atoms with Crippen molar-refractivity contribution in [2.75, 3.05) is 0 Å². The molecule has 0 aromatic carbocycles. The molecule has 0 bridgehead atoms. The van der Waals surface area contributed by atoms with E-state index in [4.69, 9.17) is 16.7 Å². The number of hydrogen-bond acceptors (Lipinski definition) is 4. The molecular weight excluding hydrogens is 251 g/mol. The molecule has 0 spiro atoms. The zero-order chi connectivity index (χ0) is 12.5. The molecule has 0 radical (unpaired) electrons. The van der Waals surface area contributed by atoms with Crippen LogP contribution in [0.5, 0.6) is 11.5 Å². The normalized spacial score (nSPS) is 11.3. The fourth-order valence-electron chi connectivity index (χ4n) is 0.920. The zero-order valence-corrected chi connectivity index (χ0v) is 8.56. The molecule has 0 amide bonds. The molecule has 0 saturated heterocycles. The van der Waals surface area contributed by atoms with Gasteiger partial charge in [-0.05, 0) is 18.5 Å². The summed E-state index contributed by atoms with van der Waals surface area (Å²) >= 11 is 5.03. The first-order valence-corrected chi connectivity index (χ1v) is 4.24. The molecule has 0 aliphatic rings. The summed E-state index contributed by atoms with van der Waals surface area (Å²) in [6, 6.07) is 0.630. The van der Waals surface area contributed by atoms with Crippen molar-refractivity contribution in [2.24, 2.45) is 0 Å². The van der Waals surface area contributed by atoms with Gasteiger partial charge in [0.2, 0.25) is 0 Å². The van der Waals surface area contributed by atoms with E-state index in [1.807, 2.05) is 0 Å². The Balaban J connectivity index is 3.25. The van der Waals surface area contributed by atoms with Gasteiger partial charge in [-0.25, -0.2) is 4.98 Å². The van der Waals surface area contributed by atoms with E-state index < -0.39 is 28.8 Å². The molecule has 0 unspecified atom stereocenters. The van der Waals surface area contributed by atoms with Crippen molar-refractivity contribution in [1.29, 1.82) is 0 Å². The van der Waals surface area contributed by atoms with Gasteiger partial charge < -0.3 is 9.84 Å². The third-order valence-electron chi connectivity index (χ3n) is 1.56. The monoisotopic (exact) mass is 255 g/mol. The first-order chi connectivity index (χ1) is 7.20. The maximum atomic E-state index is 11.9. The van der Waals surface area contributed by atoms with Gasteiger partial charge in [0.05, 0.1) is 5.69 Å². The number of carbonyl (C=O) groups excluding carboxylic acids is 1. The standard InChI is InChI=1S/C8H5ClF3NO3/c1-3-4(14)2-5(16-8(10,11)12)6(13-3)7(9)15/h2,14H,1H3. The van der Waals surface area contributed by atoms with Gasteiger partial charge in [0.1, 0.15) is 5.75 Å². The molecule has 0 saturated carbocycles. The second kappa shape index (κ2) is 4.17. The van der Waals surface area contributed by atoms with Crippen LogP contribution in [0.2, 0.25) is 0 Å². The highest BCUT2D eigenvalue weighted by Crippen LogP contribution is 2.30. The minimum absolute atomic E-state index is 0.0291. The third kappa shape index (κ3) is 2.99. The molecule has 88 valence electrons. The Hall–Kier alpha value is -1.50. The average molecular weight is 256 g/mol. The summed E-state index contributed by atoms with van der Waals surface area (Å²) in [5.74, 6) is -1.46. The molecule has 0 aliphatic heterocycles. The van der Waals surface area contributed by atoms with Crippen molar-refractivity contribution < 1.29 is 27.8 Å². The topological polar surface area (TPSA) is 59.4 Å². The van der Waals surface area contributed by atoms with Gasteiger partial charge in [-0.15, -0.1) is 13.2 Å². The SMILES string of the molecule is Cc1nc(C(=O)Cl)c(OC(F)(F)F)cc1O. The number of aryl methyl sites for hydroxylation is 1. The highest BCUT2D eigenvalue weighted by atomic mass is 35.5. The average Bonchev–Trinajstić information content (AvgIpc) is 2.07. The molecule has 0 aliphatic carbocycles. The summed E-state index contributed by atoms with van der Waals surface area (Å²) in [5, 5.41) is 7.93.